The van der Waals surface area contributed by atoms with Crippen molar-refractivity contribution < 1.29 is 14.3 Å². The van der Waals surface area contributed by atoms with E-state index in [0.717, 1.165) is 31.3 Å². The maximum Gasteiger partial charge on any atom is 0.354 e. The normalized spacial score (nSPS) is 15.7. The molecule has 1 aliphatic rings. The van der Waals surface area contributed by atoms with Crippen LogP contribution in [0.4, 0.5) is 0 Å². The fourth-order valence-corrected chi connectivity index (χ4v) is 1.80. The highest BCUT2D eigenvalue weighted by atomic mass is 16.5. The summed E-state index contributed by atoms with van der Waals surface area (Å²) in [6.45, 7) is 2.08. The molecule has 0 atom stereocenters. The summed E-state index contributed by atoms with van der Waals surface area (Å²) in [6, 6.07) is 0. The molecular formula is C11H17NO3. The van der Waals surface area contributed by atoms with Crippen molar-refractivity contribution in [3.63, 3.8) is 0 Å². The SMILES string of the molecule is CCOC(=O)C(NC=O)=C1CCCCC1. The van der Waals surface area contributed by atoms with E-state index in [9.17, 15) is 9.59 Å². The van der Waals surface area contributed by atoms with E-state index in [1.807, 2.05) is 0 Å². The molecule has 1 N–H and O–H groups in total. The van der Waals surface area contributed by atoms with Crippen LogP contribution >= 0.6 is 0 Å². The van der Waals surface area contributed by atoms with Gasteiger partial charge in [-0.05, 0) is 38.2 Å². The van der Waals surface area contributed by atoms with Gasteiger partial charge in [0.05, 0.1) is 6.61 Å². The van der Waals surface area contributed by atoms with Crippen LogP contribution in [0.5, 0.6) is 0 Å². The first kappa shape index (κ1) is 11.8. The molecule has 1 aliphatic carbocycles. The summed E-state index contributed by atoms with van der Waals surface area (Å²) in [5, 5.41) is 2.46. The van der Waals surface area contributed by atoms with Crippen LogP contribution in [-0.4, -0.2) is 19.0 Å². The summed E-state index contributed by atoms with van der Waals surface area (Å²) >= 11 is 0. The lowest BCUT2D eigenvalue weighted by Crippen LogP contribution is -2.24. The van der Waals surface area contributed by atoms with Crippen LogP contribution in [0.15, 0.2) is 11.3 Å². The Morgan fingerprint density at radius 3 is 2.60 bits per heavy atom. The molecule has 84 valence electrons. The predicted octanol–water partition coefficient (Wildman–Crippen LogP) is 1.51. The number of allylic oxidation sites excluding steroid dienone is 1. The molecule has 0 aromatic heterocycles. The van der Waals surface area contributed by atoms with Gasteiger partial charge in [-0.15, -0.1) is 0 Å². The minimum absolute atomic E-state index is 0.330. The molecule has 0 bridgehead atoms. The van der Waals surface area contributed by atoms with Crippen LogP contribution in [0.2, 0.25) is 0 Å². The average Bonchev–Trinajstić information content (AvgIpc) is 2.27. The predicted molar refractivity (Wildman–Crippen MR) is 55.9 cm³/mol. The lowest BCUT2D eigenvalue weighted by atomic mass is 9.93. The molecular weight excluding hydrogens is 194 g/mol. The monoisotopic (exact) mass is 211 g/mol. The summed E-state index contributed by atoms with van der Waals surface area (Å²) in [7, 11) is 0. The Kier molecular flexibility index (Phi) is 4.87. The summed E-state index contributed by atoms with van der Waals surface area (Å²) < 4.78 is 4.89. The van der Waals surface area contributed by atoms with Gasteiger partial charge in [-0.25, -0.2) is 4.79 Å². The molecule has 0 unspecified atom stereocenters. The molecule has 15 heavy (non-hydrogen) atoms. The molecule has 0 aromatic carbocycles. The van der Waals surface area contributed by atoms with Gasteiger partial charge in [0.25, 0.3) is 0 Å². The number of hydrogen-bond acceptors (Lipinski definition) is 3. The van der Waals surface area contributed by atoms with E-state index in [1.54, 1.807) is 6.92 Å². The Morgan fingerprint density at radius 1 is 1.40 bits per heavy atom. The van der Waals surface area contributed by atoms with Gasteiger partial charge < -0.3 is 10.1 Å². The van der Waals surface area contributed by atoms with Crippen molar-refractivity contribution in [3.05, 3.63) is 11.3 Å². The molecule has 4 heteroatoms. The summed E-state index contributed by atoms with van der Waals surface area (Å²) in [5.74, 6) is -0.415. The lowest BCUT2D eigenvalue weighted by Gasteiger charge is -2.17. The van der Waals surface area contributed by atoms with Gasteiger partial charge in [0.1, 0.15) is 5.70 Å². The molecule has 0 heterocycles. The van der Waals surface area contributed by atoms with Crippen LogP contribution in [0.25, 0.3) is 0 Å². The maximum atomic E-state index is 11.5. The van der Waals surface area contributed by atoms with Crippen LogP contribution < -0.4 is 5.32 Å². The molecule has 1 rings (SSSR count). The zero-order chi connectivity index (χ0) is 11.1. The highest BCUT2D eigenvalue weighted by molar-refractivity contribution is 5.91. The number of esters is 1. The molecule has 1 saturated carbocycles. The standard InChI is InChI=1S/C11H17NO3/c1-2-15-11(14)10(12-8-13)9-6-4-3-5-7-9/h8H,2-7H2,1H3,(H,12,13). The molecule has 1 amide bonds. The van der Waals surface area contributed by atoms with Crippen LogP contribution in [0, 0.1) is 0 Å². The number of hydrogen-bond donors (Lipinski definition) is 1. The number of carbonyl (C=O) groups is 2. The van der Waals surface area contributed by atoms with E-state index in [4.69, 9.17) is 4.74 Å². The Morgan fingerprint density at radius 2 is 2.07 bits per heavy atom. The third-order valence-corrected chi connectivity index (χ3v) is 2.49. The van der Waals surface area contributed by atoms with Crippen molar-refractivity contribution in [2.45, 2.75) is 39.0 Å². The van der Waals surface area contributed by atoms with Gasteiger partial charge >= 0.3 is 5.97 Å². The topological polar surface area (TPSA) is 55.4 Å². The molecule has 0 saturated heterocycles. The van der Waals surface area contributed by atoms with Gasteiger partial charge in [0.2, 0.25) is 6.41 Å². The molecule has 0 radical (unpaired) electrons. The van der Waals surface area contributed by atoms with E-state index in [2.05, 4.69) is 5.32 Å². The van der Waals surface area contributed by atoms with Gasteiger partial charge in [-0.2, -0.15) is 0 Å². The summed E-state index contributed by atoms with van der Waals surface area (Å²) in [4.78, 5) is 21.9. The van der Waals surface area contributed by atoms with E-state index in [0.29, 0.717) is 18.7 Å². The van der Waals surface area contributed by atoms with Crippen molar-refractivity contribution in [2.24, 2.45) is 0 Å². The van der Waals surface area contributed by atoms with Crippen molar-refractivity contribution in [1.82, 2.24) is 5.32 Å². The third-order valence-electron chi connectivity index (χ3n) is 2.49. The minimum Gasteiger partial charge on any atom is -0.461 e. The number of amides is 1. The number of ether oxygens (including phenoxy) is 1. The van der Waals surface area contributed by atoms with Crippen molar-refractivity contribution in [3.8, 4) is 0 Å². The van der Waals surface area contributed by atoms with Gasteiger partial charge in [-0.1, -0.05) is 6.42 Å². The first-order valence-electron chi connectivity index (χ1n) is 5.39. The zero-order valence-corrected chi connectivity index (χ0v) is 9.04. The summed E-state index contributed by atoms with van der Waals surface area (Å²) in [5.41, 5.74) is 1.37. The second kappa shape index (κ2) is 6.22. The average molecular weight is 211 g/mol. The maximum absolute atomic E-state index is 11.5. The Bertz CT molecular complexity index is 263. The van der Waals surface area contributed by atoms with Crippen LogP contribution in [0.3, 0.4) is 0 Å². The molecule has 0 aliphatic heterocycles. The molecule has 0 aromatic rings. The van der Waals surface area contributed by atoms with Crippen molar-refractivity contribution in [2.75, 3.05) is 6.61 Å². The lowest BCUT2D eigenvalue weighted by molar-refractivity contribution is -0.139. The first-order valence-corrected chi connectivity index (χ1v) is 5.39. The highest BCUT2D eigenvalue weighted by Gasteiger charge is 2.17. The van der Waals surface area contributed by atoms with E-state index in [1.165, 1.54) is 6.42 Å². The number of carbonyl (C=O) groups excluding carboxylic acids is 2. The number of rotatable bonds is 4. The molecule has 0 spiro atoms. The smallest absolute Gasteiger partial charge is 0.354 e. The quantitative estimate of drug-likeness (QED) is 0.435. The third kappa shape index (κ3) is 3.38. The van der Waals surface area contributed by atoms with Crippen LogP contribution in [-0.2, 0) is 14.3 Å². The molecule has 4 nitrogen and oxygen atoms in total. The fourth-order valence-electron chi connectivity index (χ4n) is 1.80. The van der Waals surface area contributed by atoms with E-state index >= 15 is 0 Å². The Balaban J connectivity index is 2.77. The second-order valence-electron chi connectivity index (χ2n) is 3.52. The fraction of sp³-hybridized carbons (Fsp3) is 0.636. The Hall–Kier alpha value is -1.32. The van der Waals surface area contributed by atoms with Gasteiger partial charge in [-0.3, -0.25) is 4.79 Å². The largest absolute Gasteiger partial charge is 0.461 e. The van der Waals surface area contributed by atoms with E-state index < -0.39 is 5.97 Å². The highest BCUT2D eigenvalue weighted by Crippen LogP contribution is 2.25. The van der Waals surface area contributed by atoms with Crippen LogP contribution in [0.1, 0.15) is 39.0 Å². The second-order valence-corrected chi connectivity index (χ2v) is 3.52. The summed E-state index contributed by atoms with van der Waals surface area (Å²) in [6.07, 6.45) is 5.66. The van der Waals surface area contributed by atoms with Gasteiger partial charge in [0.15, 0.2) is 0 Å². The zero-order valence-electron chi connectivity index (χ0n) is 9.04. The van der Waals surface area contributed by atoms with Crippen molar-refractivity contribution in [1.29, 1.82) is 0 Å². The van der Waals surface area contributed by atoms with Gasteiger partial charge in [0, 0.05) is 0 Å². The Labute approximate surface area is 89.7 Å². The number of nitrogens with one attached hydrogen (secondary N) is 1. The van der Waals surface area contributed by atoms with E-state index in [-0.39, 0.29) is 0 Å². The van der Waals surface area contributed by atoms with Crippen molar-refractivity contribution >= 4 is 12.4 Å². The first-order chi connectivity index (χ1) is 7.29. The minimum atomic E-state index is -0.415. The molecule has 1 fully saturated rings.